The first-order valence-corrected chi connectivity index (χ1v) is 12.9. The maximum absolute atomic E-state index is 13.6. The number of ether oxygens (including phenoxy) is 2. The van der Waals surface area contributed by atoms with Crippen LogP contribution in [-0.4, -0.2) is 71.2 Å². The van der Waals surface area contributed by atoms with Gasteiger partial charge < -0.3 is 14.4 Å². The van der Waals surface area contributed by atoms with Gasteiger partial charge in [0.2, 0.25) is 5.91 Å². The number of methoxy groups -OCH3 is 2. The van der Waals surface area contributed by atoms with Crippen molar-refractivity contribution in [2.75, 3.05) is 33.9 Å². The minimum Gasteiger partial charge on any atom is -0.493 e. The van der Waals surface area contributed by atoms with Crippen LogP contribution in [0.25, 0.3) is 10.9 Å². The average Bonchev–Trinajstić information content (AvgIpc) is 2.89. The molecule has 1 aromatic heterocycles. The minimum absolute atomic E-state index is 0.00237. The van der Waals surface area contributed by atoms with Crippen LogP contribution in [0.5, 0.6) is 11.5 Å². The molecule has 6 rings (SSSR count). The highest BCUT2D eigenvalue weighted by Crippen LogP contribution is 2.45. The lowest BCUT2D eigenvalue weighted by molar-refractivity contribution is -0.137. The number of fused-ring (bicyclic) bond motifs is 7. The number of benzene rings is 1. The fourth-order valence-corrected chi connectivity index (χ4v) is 7.09. The Balaban J connectivity index is 1.27. The van der Waals surface area contributed by atoms with Crippen LogP contribution in [0.4, 0.5) is 0 Å². The fraction of sp³-hybridized carbons (Fsp3) is 0.593. The predicted octanol–water partition coefficient (Wildman–Crippen LogP) is 2.84. The Morgan fingerprint density at radius 2 is 1.94 bits per heavy atom. The topological polar surface area (TPSA) is 76.9 Å². The van der Waals surface area contributed by atoms with Crippen molar-refractivity contribution in [3.8, 4) is 11.5 Å². The molecule has 0 N–H and O–H groups in total. The van der Waals surface area contributed by atoms with Crippen LogP contribution >= 0.6 is 0 Å². The Hall–Kier alpha value is -2.87. The van der Waals surface area contributed by atoms with Gasteiger partial charge in [0.1, 0.15) is 6.54 Å². The molecule has 0 radical (unpaired) electrons. The van der Waals surface area contributed by atoms with E-state index < -0.39 is 0 Å². The maximum Gasteiger partial charge on any atom is 0.261 e. The number of hydrogen-bond donors (Lipinski definition) is 0. The SMILES string of the molecule is COc1cc2ncn(CC(=O)N3CCCC4=CC5CC(CN6CCCC[C@H]56)[C@@H]43)c(=O)c2cc1OC. The molecule has 186 valence electrons. The zero-order valence-corrected chi connectivity index (χ0v) is 20.6. The van der Waals surface area contributed by atoms with E-state index in [9.17, 15) is 9.59 Å². The molecule has 3 fully saturated rings. The number of carbonyl (C=O) groups is 1. The van der Waals surface area contributed by atoms with Crippen molar-refractivity contribution in [2.45, 2.75) is 57.2 Å². The van der Waals surface area contributed by atoms with Crippen LogP contribution in [0.2, 0.25) is 0 Å². The van der Waals surface area contributed by atoms with E-state index in [1.54, 1.807) is 19.2 Å². The first-order valence-electron chi connectivity index (χ1n) is 12.9. The van der Waals surface area contributed by atoms with E-state index >= 15 is 0 Å². The Morgan fingerprint density at radius 1 is 1.11 bits per heavy atom. The monoisotopic (exact) mass is 478 g/mol. The van der Waals surface area contributed by atoms with Gasteiger partial charge in [0.25, 0.3) is 5.56 Å². The van der Waals surface area contributed by atoms with Crippen molar-refractivity contribution < 1.29 is 14.3 Å². The van der Waals surface area contributed by atoms with Gasteiger partial charge in [-0.15, -0.1) is 0 Å². The van der Waals surface area contributed by atoms with Gasteiger partial charge in [-0.25, -0.2) is 4.98 Å². The Morgan fingerprint density at radius 3 is 2.77 bits per heavy atom. The molecule has 2 bridgehead atoms. The predicted molar refractivity (Wildman–Crippen MR) is 133 cm³/mol. The molecule has 35 heavy (non-hydrogen) atoms. The molecule has 1 aliphatic carbocycles. The largest absolute Gasteiger partial charge is 0.493 e. The zero-order chi connectivity index (χ0) is 24.1. The lowest BCUT2D eigenvalue weighted by Crippen LogP contribution is -2.60. The van der Waals surface area contributed by atoms with Gasteiger partial charge in [0, 0.05) is 25.2 Å². The van der Waals surface area contributed by atoms with Gasteiger partial charge in [0.05, 0.1) is 37.5 Å². The molecule has 0 spiro atoms. The normalized spacial score (nSPS) is 28.2. The van der Waals surface area contributed by atoms with Crippen LogP contribution < -0.4 is 15.0 Å². The molecule has 1 amide bonds. The van der Waals surface area contributed by atoms with Crippen LogP contribution in [0.3, 0.4) is 0 Å². The van der Waals surface area contributed by atoms with Crippen molar-refractivity contribution in [2.24, 2.45) is 11.8 Å². The van der Waals surface area contributed by atoms with Crippen molar-refractivity contribution >= 4 is 16.8 Å². The van der Waals surface area contributed by atoms with Gasteiger partial charge in [-0.05, 0) is 56.6 Å². The highest BCUT2D eigenvalue weighted by Gasteiger charge is 2.46. The van der Waals surface area contributed by atoms with Crippen LogP contribution in [0.15, 0.2) is 34.9 Å². The van der Waals surface area contributed by atoms with Gasteiger partial charge in [0.15, 0.2) is 11.5 Å². The summed E-state index contributed by atoms with van der Waals surface area (Å²) in [5.41, 5.74) is 1.74. The molecule has 0 saturated carbocycles. The number of carbonyl (C=O) groups excluding carboxylic acids is 1. The summed E-state index contributed by atoms with van der Waals surface area (Å²) in [6, 6.07) is 4.20. The molecule has 3 saturated heterocycles. The molecule has 2 aromatic rings. The number of rotatable bonds is 4. The van der Waals surface area contributed by atoms with Crippen molar-refractivity contribution in [1.82, 2.24) is 19.4 Å². The number of piperidine rings is 3. The van der Waals surface area contributed by atoms with Crippen LogP contribution in [0.1, 0.15) is 38.5 Å². The van der Waals surface area contributed by atoms with E-state index in [0.717, 1.165) is 25.9 Å². The molecular formula is C27H34N4O4. The minimum atomic E-state index is -0.241. The van der Waals surface area contributed by atoms with E-state index in [0.29, 0.717) is 40.3 Å². The lowest BCUT2D eigenvalue weighted by atomic mass is 9.68. The maximum atomic E-state index is 13.6. The average molecular weight is 479 g/mol. The van der Waals surface area contributed by atoms with Gasteiger partial charge in [-0.3, -0.25) is 19.1 Å². The third kappa shape index (κ3) is 3.82. The highest BCUT2D eigenvalue weighted by atomic mass is 16.5. The lowest BCUT2D eigenvalue weighted by Gasteiger charge is -2.54. The van der Waals surface area contributed by atoms with Gasteiger partial charge in [-0.1, -0.05) is 18.1 Å². The second kappa shape index (κ2) is 8.97. The summed E-state index contributed by atoms with van der Waals surface area (Å²) >= 11 is 0. The quantitative estimate of drug-likeness (QED) is 0.629. The van der Waals surface area contributed by atoms with Crippen molar-refractivity contribution in [1.29, 1.82) is 0 Å². The number of amides is 1. The standard InChI is InChI=1S/C27H34N4O4/c1-34-23-12-20-21(13-24(23)35-2)28-16-30(27(20)33)15-25(32)31-9-5-6-17-10-18-11-19(26(17)31)14-29-8-4-3-7-22(18)29/h10,12-13,16,18-19,22,26H,3-9,11,14-15H2,1-2H3/t18?,19?,22-,26-/m1/s1. The molecule has 8 heteroatoms. The van der Waals surface area contributed by atoms with E-state index in [-0.39, 0.29) is 24.1 Å². The number of likely N-dealkylation sites (tertiary alicyclic amines) is 1. The molecule has 2 unspecified atom stereocenters. The van der Waals surface area contributed by atoms with E-state index in [1.165, 1.54) is 55.8 Å². The highest BCUT2D eigenvalue weighted by molar-refractivity contribution is 5.82. The van der Waals surface area contributed by atoms with Gasteiger partial charge >= 0.3 is 0 Å². The summed E-state index contributed by atoms with van der Waals surface area (Å²) in [7, 11) is 3.09. The molecule has 8 nitrogen and oxygen atoms in total. The zero-order valence-electron chi connectivity index (χ0n) is 20.6. The first kappa shape index (κ1) is 22.6. The molecular weight excluding hydrogens is 444 g/mol. The smallest absolute Gasteiger partial charge is 0.261 e. The molecule has 4 heterocycles. The van der Waals surface area contributed by atoms with Crippen molar-refractivity contribution in [3.05, 3.63) is 40.5 Å². The molecule has 4 aliphatic rings. The third-order valence-electron chi connectivity index (χ3n) is 8.61. The summed E-state index contributed by atoms with van der Waals surface area (Å²) in [6.07, 6.45) is 11.2. The number of nitrogens with zero attached hydrogens (tertiary/aromatic N) is 4. The van der Waals surface area contributed by atoms with E-state index in [4.69, 9.17) is 9.47 Å². The first-order chi connectivity index (χ1) is 17.1. The van der Waals surface area contributed by atoms with Gasteiger partial charge in [-0.2, -0.15) is 0 Å². The Labute approximate surface area is 205 Å². The molecule has 1 aromatic carbocycles. The Bertz CT molecular complexity index is 1240. The number of aromatic nitrogens is 2. The Kier molecular flexibility index (Phi) is 5.79. The molecule has 3 aliphatic heterocycles. The summed E-state index contributed by atoms with van der Waals surface area (Å²) < 4.78 is 12.1. The third-order valence-corrected chi connectivity index (χ3v) is 8.61. The second-order valence-electron chi connectivity index (χ2n) is 10.5. The van der Waals surface area contributed by atoms with E-state index in [1.807, 2.05) is 0 Å². The summed E-state index contributed by atoms with van der Waals surface area (Å²) in [5, 5.41) is 0.418. The van der Waals surface area contributed by atoms with Crippen molar-refractivity contribution in [3.63, 3.8) is 0 Å². The molecule has 4 atom stereocenters. The second-order valence-corrected chi connectivity index (χ2v) is 10.5. The summed E-state index contributed by atoms with van der Waals surface area (Å²) in [4.78, 5) is 36.1. The van der Waals surface area contributed by atoms with Crippen LogP contribution in [0, 0.1) is 11.8 Å². The summed E-state index contributed by atoms with van der Waals surface area (Å²) in [5.74, 6) is 2.12. The van der Waals surface area contributed by atoms with E-state index in [2.05, 4.69) is 20.9 Å². The summed E-state index contributed by atoms with van der Waals surface area (Å²) in [6.45, 7) is 3.04. The van der Waals surface area contributed by atoms with Crippen LogP contribution in [-0.2, 0) is 11.3 Å². The number of hydrogen-bond acceptors (Lipinski definition) is 6. The fourth-order valence-electron chi connectivity index (χ4n) is 7.09.